The second kappa shape index (κ2) is 10.8. The van der Waals surface area contributed by atoms with Gasteiger partial charge >= 0.3 is 0 Å². The van der Waals surface area contributed by atoms with Gasteiger partial charge in [0.1, 0.15) is 23.0 Å². The molecule has 1 aromatic carbocycles. The van der Waals surface area contributed by atoms with E-state index in [2.05, 4.69) is 15.3 Å². The van der Waals surface area contributed by atoms with Crippen molar-refractivity contribution in [3.05, 3.63) is 53.4 Å². The molecule has 1 fully saturated rings. The average molecular weight is 462 g/mol. The van der Waals surface area contributed by atoms with Crippen molar-refractivity contribution in [3.63, 3.8) is 0 Å². The second-order valence-electron chi connectivity index (χ2n) is 8.31. The van der Waals surface area contributed by atoms with Gasteiger partial charge in [-0.25, -0.2) is 17.8 Å². The monoisotopic (exact) mass is 461 g/mol. The molecule has 1 aromatic heterocycles. The van der Waals surface area contributed by atoms with Crippen LogP contribution in [-0.2, 0) is 21.1 Å². The van der Waals surface area contributed by atoms with Gasteiger partial charge < -0.3 is 5.32 Å². The van der Waals surface area contributed by atoms with Crippen molar-refractivity contribution < 1.29 is 22.4 Å². The fraction of sp³-hybridized carbons (Fsp3) is 0.478. The maximum absolute atomic E-state index is 14.5. The van der Waals surface area contributed by atoms with E-state index < -0.39 is 27.3 Å². The van der Waals surface area contributed by atoms with E-state index in [9.17, 15) is 22.4 Å². The largest absolute Gasteiger partial charge is 0.350 e. The van der Waals surface area contributed by atoms with Crippen molar-refractivity contribution in [1.29, 1.82) is 0 Å². The number of aryl methyl sites for hydroxylation is 1. The molecule has 0 atom stereocenters. The number of benzene rings is 1. The number of Topliss-reactive ketones (excluding diaryl/α,β-unsaturated/α-hetero) is 1. The molecule has 2 aromatic rings. The van der Waals surface area contributed by atoms with Crippen molar-refractivity contribution in [3.8, 4) is 0 Å². The van der Waals surface area contributed by atoms with Gasteiger partial charge in [0.15, 0.2) is 9.84 Å². The first-order valence-corrected chi connectivity index (χ1v) is 12.5. The maximum atomic E-state index is 14.5. The maximum Gasteiger partial charge on any atom is 0.271 e. The summed E-state index contributed by atoms with van der Waals surface area (Å²) >= 11 is 0. The Labute approximate surface area is 187 Å². The van der Waals surface area contributed by atoms with Crippen LogP contribution in [0.25, 0.3) is 0 Å². The zero-order valence-corrected chi connectivity index (χ0v) is 19.0. The van der Waals surface area contributed by atoms with Crippen molar-refractivity contribution in [2.75, 3.05) is 12.3 Å². The molecular weight excluding hydrogens is 433 g/mol. The molecule has 1 aliphatic carbocycles. The number of carbonyl (C=O) groups is 2. The Morgan fingerprint density at radius 3 is 2.53 bits per heavy atom. The van der Waals surface area contributed by atoms with Crippen LogP contribution in [0.1, 0.15) is 60.3 Å². The van der Waals surface area contributed by atoms with E-state index in [-0.39, 0.29) is 47.2 Å². The third-order valence-corrected chi connectivity index (χ3v) is 7.34. The lowest BCUT2D eigenvalue weighted by Crippen LogP contribution is -2.27. The molecule has 172 valence electrons. The van der Waals surface area contributed by atoms with Gasteiger partial charge in [0, 0.05) is 19.2 Å². The summed E-state index contributed by atoms with van der Waals surface area (Å²) in [5, 5.41) is 2.63. The van der Waals surface area contributed by atoms with Crippen molar-refractivity contribution in [2.45, 2.75) is 56.8 Å². The van der Waals surface area contributed by atoms with Crippen LogP contribution < -0.4 is 5.32 Å². The number of carbonyl (C=O) groups excluding carboxylic acids is 2. The van der Waals surface area contributed by atoms with Crippen LogP contribution >= 0.6 is 0 Å². The number of sulfone groups is 1. The van der Waals surface area contributed by atoms with E-state index in [1.165, 1.54) is 30.9 Å². The van der Waals surface area contributed by atoms with Crippen LogP contribution in [0.2, 0.25) is 0 Å². The van der Waals surface area contributed by atoms with Crippen molar-refractivity contribution in [2.24, 2.45) is 5.92 Å². The lowest BCUT2D eigenvalue weighted by molar-refractivity contribution is -0.117. The predicted molar refractivity (Wildman–Crippen MR) is 117 cm³/mol. The zero-order valence-electron chi connectivity index (χ0n) is 18.1. The van der Waals surface area contributed by atoms with Crippen molar-refractivity contribution in [1.82, 2.24) is 15.3 Å². The predicted octanol–water partition coefficient (Wildman–Crippen LogP) is 3.21. The Bertz CT molecular complexity index is 1070. The molecule has 9 heteroatoms. The standard InChI is InChI=1S/C23H28FN3O4S/c1-16-13-27-22(14-26-16)23(29)25-10-9-18-7-8-20(12-21(18)24)32(30,31)15-19(28)11-17-5-3-2-4-6-17/h7-8,12-14,17H,2-6,9-11,15H2,1H3,(H,25,29). The Balaban J connectivity index is 1.54. The minimum absolute atomic E-state index is 0.150. The van der Waals surface area contributed by atoms with E-state index in [0.29, 0.717) is 5.69 Å². The number of nitrogens with zero attached hydrogens (tertiary/aromatic N) is 2. The third kappa shape index (κ3) is 6.66. The SMILES string of the molecule is Cc1cnc(C(=O)NCCc2ccc(S(=O)(=O)CC(=O)CC3CCCCC3)cc2F)cn1. The van der Waals surface area contributed by atoms with Gasteiger partial charge in [-0.3, -0.25) is 14.6 Å². The second-order valence-corrected chi connectivity index (χ2v) is 10.3. The average Bonchev–Trinajstić information content (AvgIpc) is 2.75. The Morgan fingerprint density at radius 1 is 1.12 bits per heavy atom. The zero-order chi connectivity index (χ0) is 23.1. The lowest BCUT2D eigenvalue weighted by Gasteiger charge is -2.20. The normalized spacial score (nSPS) is 14.8. The number of rotatable bonds is 9. The molecule has 1 amide bonds. The fourth-order valence-corrected chi connectivity index (χ4v) is 5.17. The molecule has 32 heavy (non-hydrogen) atoms. The van der Waals surface area contributed by atoms with Crippen molar-refractivity contribution >= 4 is 21.5 Å². The van der Waals surface area contributed by atoms with Gasteiger partial charge in [-0.05, 0) is 37.0 Å². The summed E-state index contributed by atoms with van der Waals surface area (Å²) in [5.41, 5.74) is 1.12. The van der Waals surface area contributed by atoms with E-state index >= 15 is 0 Å². The van der Waals surface area contributed by atoms with Gasteiger partial charge in [-0.1, -0.05) is 38.2 Å². The summed E-state index contributed by atoms with van der Waals surface area (Å²) in [6.45, 7) is 1.91. The van der Waals surface area contributed by atoms with Gasteiger partial charge in [0.25, 0.3) is 5.91 Å². The van der Waals surface area contributed by atoms with Gasteiger partial charge in [0.2, 0.25) is 0 Å². The van der Waals surface area contributed by atoms with Crippen LogP contribution in [0, 0.1) is 18.7 Å². The smallest absolute Gasteiger partial charge is 0.271 e. The molecule has 1 heterocycles. The van der Waals surface area contributed by atoms with Gasteiger partial charge in [-0.2, -0.15) is 0 Å². The lowest BCUT2D eigenvalue weighted by atomic mass is 9.86. The molecule has 0 spiro atoms. The highest BCUT2D eigenvalue weighted by molar-refractivity contribution is 7.92. The molecule has 3 rings (SSSR count). The summed E-state index contributed by atoms with van der Waals surface area (Å²) in [4.78, 5) is 32.1. The summed E-state index contributed by atoms with van der Waals surface area (Å²) in [6, 6.07) is 3.65. The first-order valence-electron chi connectivity index (χ1n) is 10.8. The fourth-order valence-electron chi connectivity index (χ4n) is 3.90. The Kier molecular flexibility index (Phi) is 8.06. The molecule has 0 bridgehead atoms. The third-order valence-electron chi connectivity index (χ3n) is 5.67. The number of nitrogens with one attached hydrogen (secondary N) is 1. The minimum atomic E-state index is -3.90. The van der Waals surface area contributed by atoms with Crippen LogP contribution in [0.15, 0.2) is 35.5 Å². The quantitative estimate of drug-likeness (QED) is 0.615. The summed E-state index contributed by atoms with van der Waals surface area (Å²) in [7, 11) is -3.90. The molecule has 0 aliphatic heterocycles. The summed E-state index contributed by atoms with van der Waals surface area (Å²) in [5.74, 6) is -1.77. The first-order chi connectivity index (χ1) is 15.2. The molecule has 1 aliphatic rings. The summed E-state index contributed by atoms with van der Waals surface area (Å²) < 4.78 is 39.6. The van der Waals surface area contributed by atoms with Crippen LogP contribution in [-0.4, -0.2) is 42.4 Å². The number of halogens is 1. The minimum Gasteiger partial charge on any atom is -0.350 e. The highest BCUT2D eigenvalue weighted by Crippen LogP contribution is 2.27. The molecule has 7 nitrogen and oxygen atoms in total. The summed E-state index contributed by atoms with van der Waals surface area (Å²) in [6.07, 6.45) is 8.53. The number of aromatic nitrogens is 2. The Morgan fingerprint density at radius 2 is 1.88 bits per heavy atom. The number of ketones is 1. The van der Waals surface area contributed by atoms with E-state index in [1.807, 2.05) is 0 Å². The highest BCUT2D eigenvalue weighted by Gasteiger charge is 2.24. The van der Waals surface area contributed by atoms with Gasteiger partial charge in [-0.15, -0.1) is 0 Å². The van der Waals surface area contributed by atoms with E-state index in [0.717, 1.165) is 31.7 Å². The van der Waals surface area contributed by atoms with E-state index in [4.69, 9.17) is 0 Å². The molecule has 1 saturated carbocycles. The Hall–Kier alpha value is -2.68. The van der Waals surface area contributed by atoms with Crippen LogP contribution in [0.3, 0.4) is 0 Å². The topological polar surface area (TPSA) is 106 Å². The molecule has 1 N–H and O–H groups in total. The van der Waals surface area contributed by atoms with E-state index in [1.54, 1.807) is 6.92 Å². The number of hydrogen-bond donors (Lipinski definition) is 1. The van der Waals surface area contributed by atoms with Crippen LogP contribution in [0.5, 0.6) is 0 Å². The molecule has 0 unspecified atom stereocenters. The molecule has 0 saturated heterocycles. The van der Waals surface area contributed by atoms with Crippen LogP contribution in [0.4, 0.5) is 4.39 Å². The first kappa shape index (κ1) is 24.0. The number of amides is 1. The molecule has 0 radical (unpaired) electrons. The molecular formula is C23H28FN3O4S. The highest BCUT2D eigenvalue weighted by atomic mass is 32.2. The number of hydrogen-bond acceptors (Lipinski definition) is 6. The van der Waals surface area contributed by atoms with Gasteiger partial charge in [0.05, 0.1) is 16.8 Å².